The van der Waals surface area contributed by atoms with Gasteiger partial charge in [-0.25, -0.2) is 0 Å². The van der Waals surface area contributed by atoms with Gasteiger partial charge in [-0.05, 0) is 87.8 Å². The number of benzene rings is 6. The zero-order chi connectivity index (χ0) is 30.6. The Labute approximate surface area is 266 Å². The number of allylic oxidation sites excluding steroid dienone is 5. The first kappa shape index (κ1) is 28.1. The lowest BCUT2D eigenvalue weighted by molar-refractivity contribution is 0.762. The van der Waals surface area contributed by atoms with Gasteiger partial charge < -0.3 is 4.90 Å². The summed E-state index contributed by atoms with van der Waals surface area (Å²) in [6.45, 7) is 6.44. The molecule has 6 aromatic carbocycles. The molecule has 1 aliphatic carbocycles. The van der Waals surface area contributed by atoms with Crippen LogP contribution in [0.3, 0.4) is 0 Å². The van der Waals surface area contributed by atoms with Gasteiger partial charge in [0.15, 0.2) is 0 Å². The van der Waals surface area contributed by atoms with E-state index in [9.17, 15) is 0 Å². The molecule has 0 fully saturated rings. The number of anilines is 3. The second-order valence-corrected chi connectivity index (χ2v) is 11.3. The molecule has 0 saturated carbocycles. The van der Waals surface area contributed by atoms with Crippen molar-refractivity contribution in [3.05, 3.63) is 216 Å². The summed E-state index contributed by atoms with van der Waals surface area (Å²) in [4.78, 5) is 2.33. The fourth-order valence-electron chi connectivity index (χ4n) is 6.94. The first-order chi connectivity index (χ1) is 22.3. The van der Waals surface area contributed by atoms with E-state index in [1.54, 1.807) is 0 Å². The maximum absolute atomic E-state index is 4.36. The molecule has 0 aliphatic heterocycles. The minimum Gasteiger partial charge on any atom is -0.311 e. The average molecular weight is 578 g/mol. The van der Waals surface area contributed by atoms with E-state index in [1.807, 2.05) is 0 Å². The Hall–Kier alpha value is -5.66. The van der Waals surface area contributed by atoms with E-state index in [1.165, 1.54) is 44.5 Å². The molecule has 0 amide bonds. The Bertz CT molecular complexity index is 1980. The highest BCUT2D eigenvalue weighted by atomic mass is 15.1. The van der Waals surface area contributed by atoms with Crippen molar-refractivity contribution in [1.29, 1.82) is 0 Å². The second-order valence-electron chi connectivity index (χ2n) is 11.3. The van der Waals surface area contributed by atoms with Gasteiger partial charge in [-0.2, -0.15) is 0 Å². The van der Waals surface area contributed by atoms with Gasteiger partial charge in [-0.3, -0.25) is 0 Å². The first-order valence-corrected chi connectivity index (χ1v) is 15.5. The Balaban J connectivity index is 1.39. The smallest absolute Gasteiger partial charge is 0.0713 e. The summed E-state index contributed by atoms with van der Waals surface area (Å²) < 4.78 is 0. The molecule has 1 unspecified atom stereocenters. The van der Waals surface area contributed by atoms with E-state index in [0.717, 1.165) is 17.1 Å². The lowest BCUT2D eigenvalue weighted by Gasteiger charge is -2.35. The summed E-state index contributed by atoms with van der Waals surface area (Å²) >= 11 is 0. The monoisotopic (exact) mass is 577 g/mol. The average Bonchev–Trinajstić information content (AvgIpc) is 3.40. The van der Waals surface area contributed by atoms with E-state index in [0.29, 0.717) is 0 Å². The Morgan fingerprint density at radius 3 is 1.62 bits per heavy atom. The normalized spacial score (nSPS) is 15.7. The lowest BCUT2D eigenvalue weighted by atomic mass is 9.67. The molecule has 1 nitrogen and oxygen atoms in total. The maximum atomic E-state index is 4.36. The molecular weight excluding hydrogens is 542 g/mol. The number of rotatable bonds is 8. The molecule has 0 saturated heterocycles. The Morgan fingerprint density at radius 2 is 1.00 bits per heavy atom. The summed E-state index contributed by atoms with van der Waals surface area (Å²) in [5, 5.41) is 0. The van der Waals surface area contributed by atoms with Gasteiger partial charge in [-0.1, -0.05) is 152 Å². The minimum absolute atomic E-state index is 0.484. The summed E-state index contributed by atoms with van der Waals surface area (Å²) in [5.74, 6) is 0. The standard InChI is InChI=1S/C44H35N/c1-3-16-40-41-23-14-15-24-43(41)44(42(40)4-2,35-19-10-6-11-20-35)36-27-31-39(32-28-36)45(37-21-12-7-13-22-37)38-29-25-34(26-30-38)33-17-8-5-9-18-33/h3-32H,2H2,1H3/b16-3-. The molecule has 0 N–H and O–H groups in total. The van der Waals surface area contributed by atoms with Crippen LogP contribution in [0.5, 0.6) is 0 Å². The van der Waals surface area contributed by atoms with Crippen molar-refractivity contribution >= 4 is 22.6 Å². The molecule has 0 radical (unpaired) electrons. The van der Waals surface area contributed by atoms with Crippen LogP contribution in [0.15, 0.2) is 194 Å². The third-order valence-electron chi connectivity index (χ3n) is 8.87. The van der Waals surface area contributed by atoms with Crippen LogP contribution in [-0.2, 0) is 5.41 Å². The molecule has 45 heavy (non-hydrogen) atoms. The highest BCUT2D eigenvalue weighted by Crippen LogP contribution is 2.55. The van der Waals surface area contributed by atoms with Crippen molar-refractivity contribution in [3.63, 3.8) is 0 Å². The van der Waals surface area contributed by atoms with Crippen molar-refractivity contribution in [2.45, 2.75) is 12.3 Å². The van der Waals surface area contributed by atoms with Crippen LogP contribution in [-0.4, -0.2) is 0 Å². The van der Waals surface area contributed by atoms with Crippen molar-refractivity contribution < 1.29 is 0 Å². The van der Waals surface area contributed by atoms with E-state index in [2.05, 4.69) is 200 Å². The second kappa shape index (κ2) is 12.1. The summed E-state index contributed by atoms with van der Waals surface area (Å²) in [6, 6.07) is 58.7. The quantitative estimate of drug-likeness (QED) is 0.174. The fourth-order valence-corrected chi connectivity index (χ4v) is 6.94. The van der Waals surface area contributed by atoms with Gasteiger partial charge in [0.2, 0.25) is 0 Å². The molecule has 0 spiro atoms. The maximum Gasteiger partial charge on any atom is 0.0713 e. The highest BCUT2D eigenvalue weighted by Gasteiger charge is 2.46. The summed E-state index contributed by atoms with van der Waals surface area (Å²) in [5.41, 5.74) is 12.7. The van der Waals surface area contributed by atoms with Crippen LogP contribution in [0.2, 0.25) is 0 Å². The zero-order valence-electron chi connectivity index (χ0n) is 25.5. The Kier molecular flexibility index (Phi) is 7.59. The molecule has 1 atom stereocenters. The van der Waals surface area contributed by atoms with E-state index in [4.69, 9.17) is 0 Å². The van der Waals surface area contributed by atoms with E-state index < -0.39 is 5.41 Å². The van der Waals surface area contributed by atoms with Crippen molar-refractivity contribution in [3.8, 4) is 11.1 Å². The van der Waals surface area contributed by atoms with Crippen LogP contribution >= 0.6 is 0 Å². The van der Waals surface area contributed by atoms with Crippen LogP contribution in [0, 0.1) is 0 Å². The van der Waals surface area contributed by atoms with Crippen LogP contribution in [0.4, 0.5) is 17.1 Å². The van der Waals surface area contributed by atoms with E-state index in [-0.39, 0.29) is 0 Å². The topological polar surface area (TPSA) is 3.24 Å². The molecule has 7 rings (SSSR count). The largest absolute Gasteiger partial charge is 0.311 e. The van der Waals surface area contributed by atoms with Crippen molar-refractivity contribution in [2.75, 3.05) is 4.90 Å². The third-order valence-corrected chi connectivity index (χ3v) is 8.87. The van der Waals surface area contributed by atoms with Gasteiger partial charge in [0, 0.05) is 17.1 Å². The Morgan fingerprint density at radius 1 is 0.511 bits per heavy atom. The van der Waals surface area contributed by atoms with Crippen LogP contribution in [0.1, 0.15) is 29.2 Å². The van der Waals surface area contributed by atoms with Gasteiger partial charge in [0.05, 0.1) is 5.41 Å². The predicted octanol–water partition coefficient (Wildman–Crippen LogP) is 11.7. The number of fused-ring (bicyclic) bond motifs is 1. The number of nitrogens with zero attached hydrogens (tertiary/aromatic N) is 1. The number of para-hydroxylation sites is 1. The van der Waals surface area contributed by atoms with Crippen molar-refractivity contribution in [1.82, 2.24) is 0 Å². The first-order valence-electron chi connectivity index (χ1n) is 15.5. The lowest BCUT2D eigenvalue weighted by Crippen LogP contribution is -2.29. The zero-order valence-corrected chi connectivity index (χ0v) is 25.5. The van der Waals surface area contributed by atoms with Crippen LogP contribution < -0.4 is 4.90 Å². The molecule has 0 bridgehead atoms. The van der Waals surface area contributed by atoms with Gasteiger partial charge in [0.25, 0.3) is 0 Å². The molecule has 0 heterocycles. The third kappa shape index (κ3) is 4.83. The molecule has 0 aromatic heterocycles. The van der Waals surface area contributed by atoms with Gasteiger partial charge >= 0.3 is 0 Å². The summed E-state index contributed by atoms with van der Waals surface area (Å²) in [6.07, 6.45) is 6.41. The van der Waals surface area contributed by atoms with Crippen LogP contribution in [0.25, 0.3) is 16.7 Å². The molecular formula is C44H35N. The van der Waals surface area contributed by atoms with Gasteiger partial charge in [0.1, 0.15) is 0 Å². The minimum atomic E-state index is -0.484. The summed E-state index contributed by atoms with van der Waals surface area (Å²) in [7, 11) is 0. The number of hydrogen-bond acceptors (Lipinski definition) is 1. The molecule has 1 aliphatic rings. The predicted molar refractivity (Wildman–Crippen MR) is 191 cm³/mol. The fraction of sp³-hybridized carbons (Fsp3) is 0.0455. The molecule has 1 heteroatoms. The van der Waals surface area contributed by atoms with Gasteiger partial charge in [-0.15, -0.1) is 0 Å². The van der Waals surface area contributed by atoms with E-state index >= 15 is 0 Å². The molecule has 216 valence electrons. The highest BCUT2D eigenvalue weighted by molar-refractivity contribution is 5.92. The molecule has 6 aromatic rings. The number of hydrogen-bond donors (Lipinski definition) is 0. The van der Waals surface area contributed by atoms with Crippen molar-refractivity contribution in [2.24, 2.45) is 0 Å². The SMILES string of the molecule is C=CC1=C(/C=C\C)c2ccccc2C1(c1ccccc1)c1ccc(N(c2ccccc2)c2ccc(-c3ccccc3)cc2)cc1.